The SMILES string of the molecule is CC(C)c1ccc(C(N)CNC(=O)c2cccc(F)c2Cl)cc1.Cl. The summed E-state index contributed by atoms with van der Waals surface area (Å²) in [7, 11) is 0. The van der Waals surface area contributed by atoms with Crippen molar-refractivity contribution < 1.29 is 9.18 Å². The van der Waals surface area contributed by atoms with Gasteiger partial charge in [0.15, 0.2) is 0 Å². The largest absolute Gasteiger partial charge is 0.350 e. The van der Waals surface area contributed by atoms with E-state index in [4.69, 9.17) is 17.3 Å². The Balaban J connectivity index is 0.00000288. The van der Waals surface area contributed by atoms with Crippen LogP contribution in [0.5, 0.6) is 0 Å². The van der Waals surface area contributed by atoms with E-state index in [1.807, 2.05) is 24.3 Å². The number of nitrogens with one attached hydrogen (secondary N) is 1. The molecule has 1 unspecified atom stereocenters. The average Bonchev–Trinajstić information content (AvgIpc) is 2.55. The fraction of sp³-hybridized carbons (Fsp3) is 0.278. The van der Waals surface area contributed by atoms with E-state index < -0.39 is 11.7 Å². The van der Waals surface area contributed by atoms with Gasteiger partial charge in [-0.05, 0) is 29.2 Å². The third-order valence-corrected chi connectivity index (χ3v) is 4.09. The van der Waals surface area contributed by atoms with Crippen LogP contribution in [0.4, 0.5) is 4.39 Å². The summed E-state index contributed by atoms with van der Waals surface area (Å²) in [5.74, 6) is -0.605. The monoisotopic (exact) mass is 370 g/mol. The highest BCUT2D eigenvalue weighted by Crippen LogP contribution is 2.20. The highest BCUT2D eigenvalue weighted by atomic mass is 35.5. The Morgan fingerprint density at radius 2 is 1.75 bits per heavy atom. The molecule has 0 saturated carbocycles. The summed E-state index contributed by atoms with van der Waals surface area (Å²) < 4.78 is 13.4. The highest BCUT2D eigenvalue weighted by molar-refractivity contribution is 6.34. The zero-order valence-corrected chi connectivity index (χ0v) is 15.1. The van der Waals surface area contributed by atoms with E-state index in [1.165, 1.54) is 23.8 Å². The van der Waals surface area contributed by atoms with Gasteiger partial charge in [-0.15, -0.1) is 12.4 Å². The van der Waals surface area contributed by atoms with Gasteiger partial charge in [-0.2, -0.15) is 0 Å². The van der Waals surface area contributed by atoms with Crippen LogP contribution in [0.3, 0.4) is 0 Å². The molecule has 0 aliphatic heterocycles. The molecule has 0 saturated heterocycles. The lowest BCUT2D eigenvalue weighted by Crippen LogP contribution is -2.32. The van der Waals surface area contributed by atoms with Gasteiger partial charge in [-0.3, -0.25) is 4.79 Å². The maximum absolute atomic E-state index is 13.4. The van der Waals surface area contributed by atoms with E-state index in [0.717, 1.165) is 5.56 Å². The molecule has 1 atom stereocenters. The van der Waals surface area contributed by atoms with Crippen molar-refractivity contribution in [3.63, 3.8) is 0 Å². The van der Waals surface area contributed by atoms with Crippen LogP contribution in [0.1, 0.15) is 47.3 Å². The molecule has 0 aromatic heterocycles. The lowest BCUT2D eigenvalue weighted by atomic mass is 9.99. The molecule has 0 bridgehead atoms. The molecule has 3 nitrogen and oxygen atoms in total. The van der Waals surface area contributed by atoms with E-state index >= 15 is 0 Å². The van der Waals surface area contributed by atoms with E-state index in [9.17, 15) is 9.18 Å². The number of carbonyl (C=O) groups excluding carboxylic acids is 1. The van der Waals surface area contributed by atoms with Gasteiger partial charge in [0.2, 0.25) is 0 Å². The van der Waals surface area contributed by atoms with E-state index in [2.05, 4.69) is 19.2 Å². The molecule has 2 rings (SSSR count). The van der Waals surface area contributed by atoms with E-state index in [1.54, 1.807) is 0 Å². The Morgan fingerprint density at radius 1 is 1.17 bits per heavy atom. The van der Waals surface area contributed by atoms with Crippen LogP contribution in [-0.2, 0) is 0 Å². The Morgan fingerprint density at radius 3 is 2.33 bits per heavy atom. The molecule has 0 fully saturated rings. The molecule has 24 heavy (non-hydrogen) atoms. The molecule has 1 amide bonds. The van der Waals surface area contributed by atoms with Crippen molar-refractivity contribution >= 4 is 29.9 Å². The number of hydrogen-bond acceptors (Lipinski definition) is 2. The summed E-state index contributed by atoms with van der Waals surface area (Å²) in [5, 5.41) is 2.51. The minimum Gasteiger partial charge on any atom is -0.350 e. The number of nitrogens with two attached hydrogens (primary N) is 1. The van der Waals surface area contributed by atoms with Crippen molar-refractivity contribution in [1.82, 2.24) is 5.32 Å². The first-order valence-electron chi connectivity index (χ1n) is 7.47. The predicted octanol–water partition coefficient (Wildman–Crippen LogP) is 4.45. The summed E-state index contributed by atoms with van der Waals surface area (Å²) in [6.07, 6.45) is 0. The van der Waals surface area contributed by atoms with E-state index in [-0.39, 0.29) is 35.6 Å². The third-order valence-electron chi connectivity index (χ3n) is 3.71. The molecule has 0 aliphatic carbocycles. The zero-order chi connectivity index (χ0) is 17.0. The number of rotatable bonds is 5. The Kier molecular flexibility index (Phi) is 7.67. The number of benzene rings is 2. The standard InChI is InChI=1S/C18H20ClFN2O.ClH/c1-11(2)12-6-8-13(9-7-12)16(21)10-22-18(23)14-4-3-5-15(20)17(14)19;/h3-9,11,16H,10,21H2,1-2H3,(H,22,23);1H. The smallest absolute Gasteiger partial charge is 0.252 e. The normalized spacial score (nSPS) is 11.8. The predicted molar refractivity (Wildman–Crippen MR) is 98.5 cm³/mol. The van der Waals surface area contributed by atoms with Gasteiger partial charge >= 0.3 is 0 Å². The molecule has 6 heteroatoms. The second-order valence-corrected chi connectivity index (χ2v) is 6.12. The number of amides is 1. The Bertz CT molecular complexity index is 690. The fourth-order valence-corrected chi connectivity index (χ4v) is 2.43. The Hall–Kier alpha value is -1.62. The van der Waals surface area contributed by atoms with Gasteiger partial charge in [0.25, 0.3) is 5.91 Å². The molecule has 2 aromatic rings. The topological polar surface area (TPSA) is 55.1 Å². The van der Waals surface area contributed by atoms with Gasteiger partial charge in [-0.25, -0.2) is 4.39 Å². The molecular weight excluding hydrogens is 350 g/mol. The summed E-state index contributed by atoms with van der Waals surface area (Å²) >= 11 is 5.80. The molecule has 0 heterocycles. The van der Waals surface area contributed by atoms with Crippen molar-refractivity contribution in [1.29, 1.82) is 0 Å². The molecule has 3 N–H and O–H groups in total. The molecule has 2 aromatic carbocycles. The van der Waals surface area contributed by atoms with Crippen LogP contribution in [0, 0.1) is 5.82 Å². The summed E-state index contributed by atoms with van der Waals surface area (Å²) in [6, 6.07) is 11.8. The minimum absolute atomic E-state index is 0. The second kappa shape index (κ2) is 9.02. The van der Waals surface area contributed by atoms with Crippen LogP contribution < -0.4 is 11.1 Å². The van der Waals surface area contributed by atoms with Gasteiger partial charge in [0, 0.05) is 12.6 Å². The number of hydrogen-bond donors (Lipinski definition) is 2. The lowest BCUT2D eigenvalue weighted by Gasteiger charge is -2.15. The highest BCUT2D eigenvalue weighted by Gasteiger charge is 2.15. The van der Waals surface area contributed by atoms with Crippen molar-refractivity contribution in [2.24, 2.45) is 5.73 Å². The van der Waals surface area contributed by atoms with Crippen LogP contribution in [0.15, 0.2) is 42.5 Å². The fourth-order valence-electron chi connectivity index (χ4n) is 2.22. The van der Waals surface area contributed by atoms with Gasteiger partial charge in [0.05, 0.1) is 10.6 Å². The quantitative estimate of drug-likeness (QED) is 0.816. The lowest BCUT2D eigenvalue weighted by molar-refractivity contribution is 0.0951. The van der Waals surface area contributed by atoms with Gasteiger partial charge < -0.3 is 11.1 Å². The van der Waals surface area contributed by atoms with Crippen molar-refractivity contribution in [2.75, 3.05) is 6.54 Å². The van der Waals surface area contributed by atoms with Crippen LogP contribution in [0.25, 0.3) is 0 Å². The van der Waals surface area contributed by atoms with Gasteiger partial charge in [-0.1, -0.05) is 55.8 Å². The van der Waals surface area contributed by atoms with Gasteiger partial charge in [0.1, 0.15) is 5.82 Å². The Labute approximate surface area is 152 Å². The summed E-state index contributed by atoms with van der Waals surface area (Å²) in [4.78, 5) is 12.1. The van der Waals surface area contributed by atoms with Crippen molar-refractivity contribution in [3.05, 3.63) is 70.0 Å². The maximum atomic E-state index is 13.4. The van der Waals surface area contributed by atoms with Crippen LogP contribution in [0.2, 0.25) is 5.02 Å². The van der Waals surface area contributed by atoms with Crippen molar-refractivity contribution in [2.45, 2.75) is 25.8 Å². The maximum Gasteiger partial charge on any atom is 0.252 e. The second-order valence-electron chi connectivity index (χ2n) is 5.74. The molecule has 130 valence electrons. The summed E-state index contributed by atoms with van der Waals surface area (Å²) in [5.41, 5.74) is 8.36. The first-order valence-corrected chi connectivity index (χ1v) is 7.85. The van der Waals surface area contributed by atoms with Crippen LogP contribution in [-0.4, -0.2) is 12.5 Å². The van der Waals surface area contributed by atoms with Crippen LogP contribution >= 0.6 is 24.0 Å². The zero-order valence-electron chi connectivity index (χ0n) is 13.6. The third kappa shape index (κ3) is 4.94. The number of carbonyl (C=O) groups is 1. The first kappa shape index (κ1) is 20.4. The molecule has 0 spiro atoms. The van der Waals surface area contributed by atoms with E-state index in [0.29, 0.717) is 5.92 Å². The minimum atomic E-state index is -0.618. The first-order chi connectivity index (χ1) is 10.9. The molecular formula is C18H21Cl2FN2O. The number of halogens is 3. The van der Waals surface area contributed by atoms with Crippen molar-refractivity contribution in [3.8, 4) is 0 Å². The summed E-state index contributed by atoms with van der Waals surface area (Å²) in [6.45, 7) is 4.49. The molecule has 0 radical (unpaired) electrons. The molecule has 0 aliphatic rings. The average molecular weight is 371 g/mol.